The second kappa shape index (κ2) is 4.35. The molecule has 0 radical (unpaired) electrons. The lowest BCUT2D eigenvalue weighted by atomic mass is 9.89. The van der Waals surface area contributed by atoms with Gasteiger partial charge in [-0.1, -0.05) is 37.3 Å². The van der Waals surface area contributed by atoms with Gasteiger partial charge in [-0.05, 0) is 29.5 Å². The van der Waals surface area contributed by atoms with E-state index in [1.54, 1.807) is 0 Å². The molecular formula is C18H19NO. The molecule has 0 spiro atoms. The summed E-state index contributed by atoms with van der Waals surface area (Å²) in [5.41, 5.74) is 2.81. The van der Waals surface area contributed by atoms with Crippen LogP contribution < -0.4 is 4.74 Å². The van der Waals surface area contributed by atoms with Crippen molar-refractivity contribution in [3.63, 3.8) is 0 Å². The van der Waals surface area contributed by atoms with E-state index in [2.05, 4.69) is 55.3 Å². The van der Waals surface area contributed by atoms with Crippen LogP contribution in [0.1, 0.15) is 12.5 Å². The number of fused-ring (bicyclic) bond motifs is 3. The van der Waals surface area contributed by atoms with Gasteiger partial charge in [0.15, 0.2) is 0 Å². The molecule has 0 saturated heterocycles. The fourth-order valence-corrected chi connectivity index (χ4v) is 3.61. The van der Waals surface area contributed by atoms with Gasteiger partial charge in [-0.2, -0.15) is 0 Å². The van der Waals surface area contributed by atoms with Gasteiger partial charge >= 0.3 is 0 Å². The molecule has 0 amide bonds. The summed E-state index contributed by atoms with van der Waals surface area (Å²) < 4.78 is 6.26. The number of likely N-dealkylation sites (N-methyl/N-ethyl adjacent to an activating group) is 1. The lowest BCUT2D eigenvalue weighted by molar-refractivity contribution is 0.229. The van der Waals surface area contributed by atoms with Crippen molar-refractivity contribution < 1.29 is 4.74 Å². The molecule has 0 aliphatic carbocycles. The van der Waals surface area contributed by atoms with Gasteiger partial charge in [-0.25, -0.2) is 0 Å². The number of hydrogen-bond acceptors (Lipinski definition) is 2. The molecule has 2 aromatic carbocycles. The van der Waals surface area contributed by atoms with Crippen molar-refractivity contribution >= 4 is 10.8 Å². The summed E-state index contributed by atoms with van der Waals surface area (Å²) in [5.74, 6) is 2.76. The Kier molecular flexibility index (Phi) is 2.61. The molecule has 0 aromatic heterocycles. The van der Waals surface area contributed by atoms with Gasteiger partial charge in [0.1, 0.15) is 11.5 Å². The first kappa shape index (κ1) is 12.0. The number of rotatable bonds is 0. The molecule has 102 valence electrons. The summed E-state index contributed by atoms with van der Waals surface area (Å²) in [7, 11) is 2.19. The third kappa shape index (κ3) is 1.75. The Balaban J connectivity index is 1.85. The molecule has 2 aliphatic rings. The monoisotopic (exact) mass is 265 g/mol. The van der Waals surface area contributed by atoms with E-state index in [1.165, 1.54) is 27.7 Å². The predicted octanol–water partition coefficient (Wildman–Crippen LogP) is 3.61. The van der Waals surface area contributed by atoms with Crippen molar-refractivity contribution in [2.45, 2.75) is 13.3 Å². The number of hydrogen-bond donors (Lipinski definition) is 0. The molecule has 2 heteroatoms. The minimum Gasteiger partial charge on any atom is -0.461 e. The highest BCUT2D eigenvalue weighted by Gasteiger charge is 2.29. The second-order valence-corrected chi connectivity index (χ2v) is 6.11. The average Bonchev–Trinajstić information content (AvgIpc) is 2.45. The molecule has 0 bridgehead atoms. The zero-order valence-corrected chi connectivity index (χ0v) is 12.0. The van der Waals surface area contributed by atoms with Crippen LogP contribution in [0.4, 0.5) is 0 Å². The van der Waals surface area contributed by atoms with E-state index in [0.717, 1.165) is 25.3 Å². The summed E-state index contributed by atoms with van der Waals surface area (Å²) in [6.45, 7) is 4.38. The minimum absolute atomic E-state index is 0.489. The van der Waals surface area contributed by atoms with Crippen molar-refractivity contribution in [1.82, 2.24) is 4.90 Å². The SMILES string of the molecule is C[C@@H]1CN(C)CC2=C1Oc1ccc3ccccc3c1C2. The molecule has 20 heavy (non-hydrogen) atoms. The molecule has 0 unspecified atom stereocenters. The summed E-state index contributed by atoms with van der Waals surface area (Å²) in [5, 5.41) is 2.63. The van der Waals surface area contributed by atoms with Crippen LogP contribution in [-0.2, 0) is 6.42 Å². The van der Waals surface area contributed by atoms with Crippen molar-refractivity contribution in [1.29, 1.82) is 0 Å². The summed E-state index contributed by atoms with van der Waals surface area (Å²) >= 11 is 0. The van der Waals surface area contributed by atoms with E-state index < -0.39 is 0 Å². The minimum atomic E-state index is 0.489. The molecular weight excluding hydrogens is 246 g/mol. The maximum Gasteiger partial charge on any atom is 0.131 e. The topological polar surface area (TPSA) is 12.5 Å². The largest absolute Gasteiger partial charge is 0.461 e. The zero-order chi connectivity index (χ0) is 13.7. The van der Waals surface area contributed by atoms with Crippen LogP contribution in [0.3, 0.4) is 0 Å². The number of ether oxygens (including phenoxy) is 1. The standard InChI is InChI=1S/C18H19NO/c1-12-10-19(2)11-14-9-16-15-6-4-3-5-13(15)7-8-17(16)20-18(12)14/h3-8,12H,9-11H2,1-2H3/t12-/m1/s1. The quantitative estimate of drug-likeness (QED) is 0.721. The molecule has 0 saturated carbocycles. The van der Waals surface area contributed by atoms with Crippen molar-refractivity contribution in [2.75, 3.05) is 20.1 Å². The normalized spacial score (nSPS) is 22.4. The van der Waals surface area contributed by atoms with Crippen LogP contribution >= 0.6 is 0 Å². The van der Waals surface area contributed by atoms with E-state index in [9.17, 15) is 0 Å². The van der Waals surface area contributed by atoms with Gasteiger partial charge in [-0.15, -0.1) is 0 Å². The average molecular weight is 265 g/mol. The van der Waals surface area contributed by atoms with Crippen LogP contribution in [0.25, 0.3) is 10.8 Å². The highest BCUT2D eigenvalue weighted by atomic mass is 16.5. The second-order valence-electron chi connectivity index (χ2n) is 6.11. The third-order valence-electron chi connectivity index (χ3n) is 4.45. The predicted molar refractivity (Wildman–Crippen MR) is 82.0 cm³/mol. The van der Waals surface area contributed by atoms with E-state index in [4.69, 9.17) is 4.74 Å². The van der Waals surface area contributed by atoms with Crippen LogP contribution in [-0.4, -0.2) is 25.0 Å². The van der Waals surface area contributed by atoms with Crippen LogP contribution in [0, 0.1) is 5.92 Å². The molecule has 2 nitrogen and oxygen atoms in total. The molecule has 2 heterocycles. The van der Waals surface area contributed by atoms with Crippen LogP contribution in [0.5, 0.6) is 5.75 Å². The first-order valence-electron chi connectivity index (χ1n) is 7.31. The fourth-order valence-electron chi connectivity index (χ4n) is 3.61. The smallest absolute Gasteiger partial charge is 0.131 e. The van der Waals surface area contributed by atoms with Crippen LogP contribution in [0.2, 0.25) is 0 Å². The molecule has 0 fully saturated rings. The van der Waals surface area contributed by atoms with Crippen molar-refractivity contribution in [2.24, 2.45) is 5.92 Å². The summed E-state index contributed by atoms with van der Waals surface area (Å²) in [4.78, 5) is 2.39. The number of nitrogens with zero attached hydrogens (tertiary/aromatic N) is 1. The van der Waals surface area contributed by atoms with Gasteiger partial charge in [0.25, 0.3) is 0 Å². The Bertz CT molecular complexity index is 716. The Morgan fingerprint density at radius 2 is 2.00 bits per heavy atom. The van der Waals surface area contributed by atoms with E-state index >= 15 is 0 Å². The highest BCUT2D eigenvalue weighted by molar-refractivity contribution is 5.88. The van der Waals surface area contributed by atoms with Crippen LogP contribution in [0.15, 0.2) is 47.7 Å². The first-order valence-corrected chi connectivity index (χ1v) is 7.31. The first-order chi connectivity index (χ1) is 9.72. The molecule has 0 N–H and O–H groups in total. The highest BCUT2D eigenvalue weighted by Crippen LogP contribution is 2.39. The molecule has 2 aromatic rings. The van der Waals surface area contributed by atoms with Crippen molar-refractivity contribution in [3.05, 3.63) is 53.3 Å². The Morgan fingerprint density at radius 1 is 1.15 bits per heavy atom. The van der Waals surface area contributed by atoms with Crippen molar-refractivity contribution in [3.8, 4) is 5.75 Å². The molecule has 4 rings (SSSR count). The van der Waals surface area contributed by atoms with Gasteiger partial charge in [0.05, 0.1) is 0 Å². The summed E-state index contributed by atoms with van der Waals surface area (Å²) in [6, 6.07) is 12.9. The van der Waals surface area contributed by atoms with Gasteiger partial charge in [0.2, 0.25) is 0 Å². The Labute approximate surface area is 119 Å². The number of benzene rings is 2. The maximum absolute atomic E-state index is 6.26. The third-order valence-corrected chi connectivity index (χ3v) is 4.45. The molecule has 1 atom stereocenters. The maximum atomic E-state index is 6.26. The molecule has 2 aliphatic heterocycles. The van der Waals surface area contributed by atoms with E-state index in [1.807, 2.05) is 0 Å². The zero-order valence-electron chi connectivity index (χ0n) is 12.0. The van der Waals surface area contributed by atoms with E-state index in [-0.39, 0.29) is 0 Å². The van der Waals surface area contributed by atoms with Gasteiger partial charge in [0, 0.05) is 31.0 Å². The van der Waals surface area contributed by atoms with Gasteiger partial charge in [-0.3, -0.25) is 0 Å². The lowest BCUT2D eigenvalue weighted by Crippen LogP contribution is -2.36. The van der Waals surface area contributed by atoms with E-state index in [0.29, 0.717) is 5.92 Å². The fraction of sp³-hybridized carbons (Fsp3) is 0.333. The summed E-state index contributed by atoms with van der Waals surface area (Å²) in [6.07, 6.45) is 1.03. The lowest BCUT2D eigenvalue weighted by Gasteiger charge is -2.35. The Morgan fingerprint density at radius 3 is 2.90 bits per heavy atom. The van der Waals surface area contributed by atoms with Gasteiger partial charge < -0.3 is 9.64 Å². The Hall–Kier alpha value is -1.80.